The van der Waals surface area contributed by atoms with E-state index in [2.05, 4.69) is 61.7 Å². The van der Waals surface area contributed by atoms with Gasteiger partial charge in [-0.2, -0.15) is 11.8 Å². The Balaban J connectivity index is 2.27. The van der Waals surface area contributed by atoms with E-state index in [0.29, 0.717) is 4.75 Å². The van der Waals surface area contributed by atoms with Gasteiger partial charge < -0.3 is 10.6 Å². The van der Waals surface area contributed by atoms with Crippen molar-refractivity contribution in [2.24, 2.45) is 5.73 Å². The molecule has 0 amide bonds. The second-order valence-corrected chi connectivity index (χ2v) is 7.41. The average molecular weight is 264 g/mol. The van der Waals surface area contributed by atoms with Gasteiger partial charge in [-0.05, 0) is 31.9 Å². The van der Waals surface area contributed by atoms with Crippen molar-refractivity contribution < 1.29 is 0 Å². The predicted molar refractivity (Wildman–Crippen MR) is 82.4 cm³/mol. The van der Waals surface area contributed by atoms with Crippen LogP contribution in [0.15, 0.2) is 24.3 Å². The van der Waals surface area contributed by atoms with E-state index in [9.17, 15) is 0 Å². The Kier molecular flexibility index (Phi) is 4.23. The zero-order chi connectivity index (χ0) is 13.2. The van der Waals surface area contributed by atoms with Crippen molar-refractivity contribution in [3.63, 3.8) is 0 Å². The summed E-state index contributed by atoms with van der Waals surface area (Å²) in [5.41, 5.74) is 8.87. The number of hydrogen-bond donors (Lipinski definition) is 1. The smallest absolute Gasteiger partial charge is 0.0415 e. The van der Waals surface area contributed by atoms with Gasteiger partial charge in [-0.3, -0.25) is 0 Å². The van der Waals surface area contributed by atoms with E-state index in [-0.39, 0.29) is 6.04 Å². The Morgan fingerprint density at radius 1 is 1.39 bits per heavy atom. The van der Waals surface area contributed by atoms with Gasteiger partial charge in [-0.1, -0.05) is 25.1 Å². The molecule has 2 nitrogen and oxygen atoms in total. The Morgan fingerprint density at radius 3 is 2.78 bits per heavy atom. The molecule has 0 radical (unpaired) electrons. The zero-order valence-electron chi connectivity index (χ0n) is 11.6. The van der Waals surface area contributed by atoms with Crippen molar-refractivity contribution >= 4 is 17.4 Å². The van der Waals surface area contributed by atoms with Crippen LogP contribution in [0.3, 0.4) is 0 Å². The van der Waals surface area contributed by atoms with Crippen LogP contribution in [-0.2, 0) is 0 Å². The molecule has 1 unspecified atom stereocenters. The zero-order valence-corrected chi connectivity index (χ0v) is 12.5. The van der Waals surface area contributed by atoms with Gasteiger partial charge in [0, 0.05) is 35.3 Å². The fourth-order valence-corrected chi connectivity index (χ4v) is 3.64. The van der Waals surface area contributed by atoms with E-state index in [1.165, 1.54) is 17.0 Å². The first-order chi connectivity index (χ1) is 8.53. The van der Waals surface area contributed by atoms with E-state index >= 15 is 0 Å². The number of benzene rings is 1. The maximum Gasteiger partial charge on any atom is 0.0415 e. The summed E-state index contributed by atoms with van der Waals surface area (Å²) in [6, 6.07) is 8.77. The highest BCUT2D eigenvalue weighted by molar-refractivity contribution is 8.00. The molecule has 1 fully saturated rings. The maximum absolute atomic E-state index is 6.24. The number of thioether (sulfide) groups is 1. The van der Waals surface area contributed by atoms with Gasteiger partial charge in [0.1, 0.15) is 0 Å². The van der Waals surface area contributed by atoms with Gasteiger partial charge in [0.2, 0.25) is 0 Å². The molecule has 0 bridgehead atoms. The van der Waals surface area contributed by atoms with Crippen LogP contribution >= 0.6 is 11.8 Å². The molecule has 0 aromatic heterocycles. The molecule has 1 aliphatic heterocycles. The third-order valence-electron chi connectivity index (χ3n) is 3.54. The lowest BCUT2D eigenvalue weighted by Gasteiger charge is -2.40. The Hall–Kier alpha value is -0.670. The normalized spacial score (nSPS) is 20.8. The van der Waals surface area contributed by atoms with Crippen molar-refractivity contribution in [1.82, 2.24) is 0 Å². The molecule has 1 atom stereocenters. The lowest BCUT2D eigenvalue weighted by molar-refractivity contribution is 0.636. The van der Waals surface area contributed by atoms with E-state index in [1.807, 2.05) is 0 Å². The van der Waals surface area contributed by atoms with E-state index in [0.717, 1.165) is 19.5 Å². The van der Waals surface area contributed by atoms with Crippen molar-refractivity contribution in [1.29, 1.82) is 0 Å². The summed E-state index contributed by atoms with van der Waals surface area (Å²) in [6.45, 7) is 9.03. The molecule has 0 aliphatic carbocycles. The number of nitrogens with zero attached hydrogens (tertiary/aromatic N) is 1. The fraction of sp³-hybridized carbons (Fsp3) is 0.600. The Bertz CT molecular complexity index is 403. The molecule has 1 aromatic carbocycles. The molecule has 1 aliphatic rings. The van der Waals surface area contributed by atoms with E-state index in [1.54, 1.807) is 0 Å². The predicted octanol–water partition coefficient (Wildman–Crippen LogP) is 3.43. The molecule has 100 valence electrons. The van der Waals surface area contributed by atoms with Crippen LogP contribution < -0.4 is 10.6 Å². The third kappa shape index (κ3) is 3.01. The number of nitrogens with two attached hydrogens (primary N) is 1. The van der Waals surface area contributed by atoms with Crippen molar-refractivity contribution in [2.45, 2.75) is 38.0 Å². The van der Waals surface area contributed by atoms with Crippen LogP contribution in [0.1, 0.15) is 38.8 Å². The molecule has 1 heterocycles. The minimum atomic E-state index is 0.152. The SMILES string of the molecule is CCC(N)c1ccccc1N1CCSC(C)(C)C1. The second kappa shape index (κ2) is 5.54. The van der Waals surface area contributed by atoms with Gasteiger partial charge in [-0.15, -0.1) is 0 Å². The highest BCUT2D eigenvalue weighted by Gasteiger charge is 2.28. The summed E-state index contributed by atoms with van der Waals surface area (Å²) in [6.07, 6.45) is 0.989. The van der Waals surface area contributed by atoms with Gasteiger partial charge >= 0.3 is 0 Å². The van der Waals surface area contributed by atoms with Crippen molar-refractivity contribution in [2.75, 3.05) is 23.7 Å². The van der Waals surface area contributed by atoms with Crippen LogP contribution in [0.2, 0.25) is 0 Å². The lowest BCUT2D eigenvalue weighted by Crippen LogP contribution is -2.43. The molecule has 2 N–H and O–H groups in total. The first kappa shape index (κ1) is 13.8. The molecule has 2 rings (SSSR count). The summed E-state index contributed by atoms with van der Waals surface area (Å²) < 4.78 is 0.335. The van der Waals surface area contributed by atoms with Crippen LogP contribution in [0.25, 0.3) is 0 Å². The standard InChI is InChI=1S/C15H24N2S/c1-4-13(16)12-7-5-6-8-14(12)17-9-10-18-15(2,3)11-17/h5-8,13H,4,9-11,16H2,1-3H3. The fourth-order valence-electron chi connectivity index (χ4n) is 2.53. The number of hydrogen-bond acceptors (Lipinski definition) is 3. The Labute approximate surface area is 115 Å². The molecule has 0 saturated carbocycles. The van der Waals surface area contributed by atoms with Crippen molar-refractivity contribution in [3.05, 3.63) is 29.8 Å². The van der Waals surface area contributed by atoms with Crippen LogP contribution in [0.5, 0.6) is 0 Å². The first-order valence-corrected chi connectivity index (χ1v) is 7.75. The highest BCUT2D eigenvalue weighted by Crippen LogP contribution is 2.35. The molecular weight excluding hydrogens is 240 g/mol. The monoisotopic (exact) mass is 264 g/mol. The number of para-hydroxylation sites is 1. The Morgan fingerprint density at radius 2 is 2.11 bits per heavy atom. The van der Waals surface area contributed by atoms with Crippen molar-refractivity contribution in [3.8, 4) is 0 Å². The second-order valence-electron chi connectivity index (χ2n) is 5.60. The van der Waals surface area contributed by atoms with Crippen LogP contribution in [0, 0.1) is 0 Å². The summed E-state index contributed by atoms with van der Waals surface area (Å²) in [7, 11) is 0. The summed E-state index contributed by atoms with van der Waals surface area (Å²) in [5, 5.41) is 0. The quantitative estimate of drug-likeness (QED) is 0.907. The summed E-state index contributed by atoms with van der Waals surface area (Å²) in [4.78, 5) is 2.50. The summed E-state index contributed by atoms with van der Waals surface area (Å²) in [5.74, 6) is 1.20. The molecule has 1 saturated heterocycles. The first-order valence-electron chi connectivity index (χ1n) is 6.77. The molecule has 3 heteroatoms. The van der Waals surface area contributed by atoms with Gasteiger partial charge in [-0.25, -0.2) is 0 Å². The maximum atomic E-state index is 6.24. The molecular formula is C15H24N2S. The van der Waals surface area contributed by atoms with E-state index < -0.39 is 0 Å². The number of rotatable bonds is 3. The molecule has 18 heavy (non-hydrogen) atoms. The largest absolute Gasteiger partial charge is 0.369 e. The van der Waals surface area contributed by atoms with Gasteiger partial charge in [0.15, 0.2) is 0 Å². The third-order valence-corrected chi connectivity index (χ3v) is 4.84. The van der Waals surface area contributed by atoms with Gasteiger partial charge in [0.25, 0.3) is 0 Å². The topological polar surface area (TPSA) is 29.3 Å². The highest BCUT2D eigenvalue weighted by atomic mass is 32.2. The summed E-state index contributed by atoms with van der Waals surface area (Å²) >= 11 is 2.07. The average Bonchev–Trinajstić information content (AvgIpc) is 2.36. The van der Waals surface area contributed by atoms with E-state index in [4.69, 9.17) is 5.73 Å². The number of anilines is 1. The minimum Gasteiger partial charge on any atom is -0.369 e. The van der Waals surface area contributed by atoms with Crippen LogP contribution in [-0.4, -0.2) is 23.6 Å². The minimum absolute atomic E-state index is 0.152. The lowest BCUT2D eigenvalue weighted by atomic mass is 10.0. The molecule has 1 aromatic rings. The molecule has 0 spiro atoms. The van der Waals surface area contributed by atoms with Gasteiger partial charge in [0.05, 0.1) is 0 Å². The van der Waals surface area contributed by atoms with Crippen LogP contribution in [0.4, 0.5) is 5.69 Å².